The monoisotopic (exact) mass is 378 g/mol. The lowest BCUT2D eigenvalue weighted by Crippen LogP contribution is -2.11. The van der Waals surface area contributed by atoms with Crippen LogP contribution >= 0.6 is 0 Å². The molecule has 0 saturated carbocycles. The van der Waals surface area contributed by atoms with Gasteiger partial charge in [0.1, 0.15) is 0 Å². The predicted octanol–water partition coefficient (Wildman–Crippen LogP) is 3.96. The quantitative estimate of drug-likeness (QED) is 0.648. The Balaban J connectivity index is 1.45. The Morgan fingerprint density at radius 2 is 1.61 bits per heavy atom. The summed E-state index contributed by atoms with van der Waals surface area (Å²) in [5.41, 5.74) is 3.44. The van der Waals surface area contributed by atoms with E-state index in [4.69, 9.17) is 4.52 Å². The zero-order chi connectivity index (χ0) is 19.9. The van der Waals surface area contributed by atoms with Gasteiger partial charge in [-0.15, -0.1) is 0 Å². The second-order valence-corrected chi connectivity index (χ2v) is 6.54. The molecule has 1 heterocycles. The van der Waals surface area contributed by atoms with Gasteiger partial charge in [-0.2, -0.15) is 4.98 Å². The van der Waals surface area contributed by atoms with Crippen molar-refractivity contribution in [2.45, 2.75) is 33.1 Å². The number of rotatable bonds is 7. The summed E-state index contributed by atoms with van der Waals surface area (Å²) in [7, 11) is 0. The van der Waals surface area contributed by atoms with Crippen molar-refractivity contribution < 1.29 is 14.1 Å². The molecule has 3 aromatic rings. The maximum atomic E-state index is 12.1. The van der Waals surface area contributed by atoms with Gasteiger partial charge in [-0.25, -0.2) is 0 Å². The molecule has 0 spiro atoms. The van der Waals surface area contributed by atoms with E-state index in [0.29, 0.717) is 42.4 Å². The topological polar surface area (TPSA) is 97.1 Å². The normalized spacial score (nSPS) is 10.5. The minimum atomic E-state index is -0.136. The van der Waals surface area contributed by atoms with E-state index in [-0.39, 0.29) is 11.8 Å². The van der Waals surface area contributed by atoms with Crippen molar-refractivity contribution in [3.63, 3.8) is 0 Å². The van der Waals surface area contributed by atoms with Gasteiger partial charge in [-0.3, -0.25) is 9.59 Å². The summed E-state index contributed by atoms with van der Waals surface area (Å²) in [5, 5.41) is 9.50. The first-order valence-electron chi connectivity index (χ1n) is 9.07. The number of hydrogen-bond acceptors (Lipinski definition) is 5. The van der Waals surface area contributed by atoms with Crippen molar-refractivity contribution in [3.05, 3.63) is 60.0 Å². The van der Waals surface area contributed by atoms with Crippen molar-refractivity contribution in [2.24, 2.45) is 0 Å². The Morgan fingerprint density at radius 1 is 0.964 bits per heavy atom. The van der Waals surface area contributed by atoms with E-state index in [2.05, 4.69) is 20.8 Å². The average Bonchev–Trinajstić information content (AvgIpc) is 3.12. The Bertz CT molecular complexity index is 947. The van der Waals surface area contributed by atoms with Crippen LogP contribution in [0.5, 0.6) is 0 Å². The van der Waals surface area contributed by atoms with Crippen molar-refractivity contribution in [1.82, 2.24) is 10.1 Å². The second-order valence-electron chi connectivity index (χ2n) is 6.54. The number of amides is 2. The number of benzene rings is 2. The molecular weight excluding hydrogens is 356 g/mol. The summed E-state index contributed by atoms with van der Waals surface area (Å²) in [6.45, 7) is 3.47. The molecule has 7 nitrogen and oxygen atoms in total. The smallest absolute Gasteiger partial charge is 0.226 e. The van der Waals surface area contributed by atoms with Gasteiger partial charge in [0.2, 0.25) is 23.5 Å². The van der Waals surface area contributed by atoms with E-state index >= 15 is 0 Å². The highest BCUT2D eigenvalue weighted by molar-refractivity contribution is 5.92. The van der Waals surface area contributed by atoms with E-state index < -0.39 is 0 Å². The van der Waals surface area contributed by atoms with E-state index in [0.717, 1.165) is 5.56 Å². The molecule has 0 bridgehead atoms. The molecule has 2 aromatic carbocycles. The lowest BCUT2D eigenvalue weighted by molar-refractivity contribution is -0.116. The maximum Gasteiger partial charge on any atom is 0.226 e. The fourth-order valence-electron chi connectivity index (χ4n) is 2.64. The molecule has 1 aromatic heterocycles. The number of hydrogen-bond donors (Lipinski definition) is 2. The molecule has 0 aliphatic heterocycles. The molecule has 0 aliphatic carbocycles. The molecule has 0 atom stereocenters. The van der Waals surface area contributed by atoms with Crippen LogP contribution in [-0.4, -0.2) is 22.0 Å². The Morgan fingerprint density at radius 3 is 2.25 bits per heavy atom. The first-order valence-corrected chi connectivity index (χ1v) is 9.07. The van der Waals surface area contributed by atoms with Gasteiger partial charge in [0.05, 0.1) is 0 Å². The number of aryl methyl sites for hydroxylation is 2. The molecular formula is C21H22N4O3. The summed E-state index contributed by atoms with van der Waals surface area (Å²) in [5.74, 6) is 0.843. The van der Waals surface area contributed by atoms with Crippen LogP contribution < -0.4 is 10.6 Å². The third-order valence-corrected chi connectivity index (χ3v) is 4.06. The standard InChI is InChI=1S/C21H22N4O3/c1-14-6-8-16(9-7-14)21-24-20(28-25-21)5-3-4-19(27)23-18-12-10-17(11-13-18)22-15(2)26/h6-13H,3-5H2,1-2H3,(H,22,26)(H,23,27). The number of carbonyl (C=O) groups excluding carboxylic acids is 2. The second kappa shape index (κ2) is 8.94. The van der Waals surface area contributed by atoms with Crippen molar-refractivity contribution in [1.29, 1.82) is 0 Å². The summed E-state index contributed by atoms with van der Waals surface area (Å²) < 4.78 is 5.27. The first-order chi connectivity index (χ1) is 13.5. The number of carbonyl (C=O) groups is 2. The van der Waals surface area contributed by atoms with Gasteiger partial charge in [-0.1, -0.05) is 35.0 Å². The number of anilines is 2. The first kappa shape index (κ1) is 19.3. The minimum Gasteiger partial charge on any atom is -0.339 e. The van der Waals surface area contributed by atoms with Crippen LogP contribution in [0.1, 0.15) is 31.2 Å². The van der Waals surface area contributed by atoms with Crippen LogP contribution in [0.4, 0.5) is 11.4 Å². The lowest BCUT2D eigenvalue weighted by atomic mass is 10.1. The number of nitrogens with one attached hydrogen (secondary N) is 2. The van der Waals surface area contributed by atoms with E-state index in [1.165, 1.54) is 12.5 Å². The SMILES string of the molecule is CC(=O)Nc1ccc(NC(=O)CCCc2nc(-c3ccc(C)cc3)no2)cc1. The van der Waals surface area contributed by atoms with E-state index in [1.54, 1.807) is 24.3 Å². The summed E-state index contributed by atoms with van der Waals surface area (Å²) >= 11 is 0. The van der Waals surface area contributed by atoms with Crippen LogP contribution in [0.25, 0.3) is 11.4 Å². The summed E-state index contributed by atoms with van der Waals surface area (Å²) in [6.07, 6.45) is 1.48. The fraction of sp³-hybridized carbons (Fsp3) is 0.238. The van der Waals surface area contributed by atoms with Gasteiger partial charge in [0.25, 0.3) is 0 Å². The molecule has 2 N–H and O–H groups in total. The van der Waals surface area contributed by atoms with Crippen LogP contribution in [0.15, 0.2) is 53.1 Å². The highest BCUT2D eigenvalue weighted by atomic mass is 16.5. The van der Waals surface area contributed by atoms with Gasteiger partial charge in [0, 0.05) is 36.7 Å². The summed E-state index contributed by atoms with van der Waals surface area (Å²) in [4.78, 5) is 27.5. The molecule has 0 aliphatic rings. The fourth-order valence-corrected chi connectivity index (χ4v) is 2.64. The van der Waals surface area contributed by atoms with Crippen LogP contribution in [0.2, 0.25) is 0 Å². The highest BCUT2D eigenvalue weighted by Crippen LogP contribution is 2.17. The van der Waals surface area contributed by atoms with Gasteiger partial charge in [0.15, 0.2) is 0 Å². The predicted molar refractivity (Wildman–Crippen MR) is 107 cm³/mol. The van der Waals surface area contributed by atoms with E-state index in [1.807, 2.05) is 31.2 Å². The molecule has 0 saturated heterocycles. The average molecular weight is 378 g/mol. The molecule has 7 heteroatoms. The summed E-state index contributed by atoms with van der Waals surface area (Å²) in [6, 6.07) is 14.9. The molecule has 28 heavy (non-hydrogen) atoms. The molecule has 0 radical (unpaired) electrons. The van der Waals surface area contributed by atoms with E-state index in [9.17, 15) is 9.59 Å². The number of nitrogens with zero attached hydrogens (tertiary/aromatic N) is 2. The highest BCUT2D eigenvalue weighted by Gasteiger charge is 2.10. The van der Waals surface area contributed by atoms with Gasteiger partial charge in [-0.05, 0) is 37.6 Å². The molecule has 2 amide bonds. The third-order valence-electron chi connectivity index (χ3n) is 4.06. The van der Waals surface area contributed by atoms with Crippen molar-refractivity contribution in [2.75, 3.05) is 10.6 Å². The van der Waals surface area contributed by atoms with Crippen molar-refractivity contribution >= 4 is 23.2 Å². The largest absolute Gasteiger partial charge is 0.339 e. The zero-order valence-corrected chi connectivity index (χ0v) is 15.9. The Labute approximate surface area is 163 Å². The Hall–Kier alpha value is -3.48. The van der Waals surface area contributed by atoms with Crippen LogP contribution in [-0.2, 0) is 16.0 Å². The Kier molecular flexibility index (Phi) is 6.16. The molecule has 3 rings (SSSR count). The zero-order valence-electron chi connectivity index (χ0n) is 15.9. The van der Waals surface area contributed by atoms with Crippen LogP contribution in [0, 0.1) is 6.92 Å². The number of aromatic nitrogens is 2. The molecule has 144 valence electrons. The van der Waals surface area contributed by atoms with Gasteiger partial charge >= 0.3 is 0 Å². The third kappa shape index (κ3) is 5.51. The minimum absolute atomic E-state index is 0.0921. The van der Waals surface area contributed by atoms with Gasteiger partial charge < -0.3 is 15.2 Å². The molecule has 0 fully saturated rings. The van der Waals surface area contributed by atoms with Crippen LogP contribution in [0.3, 0.4) is 0 Å². The van der Waals surface area contributed by atoms with Crippen molar-refractivity contribution in [3.8, 4) is 11.4 Å². The molecule has 0 unspecified atom stereocenters. The maximum absolute atomic E-state index is 12.1. The lowest BCUT2D eigenvalue weighted by Gasteiger charge is -2.06.